The normalized spacial score (nSPS) is 12.3. The van der Waals surface area contributed by atoms with Crippen LogP contribution in [0, 0.1) is 6.92 Å². The molecule has 0 radical (unpaired) electrons. The highest BCUT2D eigenvalue weighted by atomic mass is 32.2. The Morgan fingerprint density at radius 1 is 1.09 bits per heavy atom. The van der Waals surface area contributed by atoms with Gasteiger partial charge in [-0.1, -0.05) is 37.6 Å². The van der Waals surface area contributed by atoms with Crippen LogP contribution < -0.4 is 10.3 Å². The highest BCUT2D eigenvalue weighted by molar-refractivity contribution is 7.89. The molecule has 0 aliphatic rings. The molecule has 0 bridgehead atoms. The molecule has 0 saturated heterocycles. The molecule has 0 amide bonds. The molecule has 2 N–H and O–H groups in total. The van der Waals surface area contributed by atoms with Crippen molar-refractivity contribution in [2.75, 3.05) is 6.54 Å². The van der Waals surface area contributed by atoms with Crippen molar-refractivity contribution in [3.63, 3.8) is 0 Å². The number of benzene rings is 1. The third kappa shape index (κ3) is 3.84. The number of hydrogen-bond acceptors (Lipinski definition) is 3. The van der Waals surface area contributed by atoms with Gasteiger partial charge in [0.2, 0.25) is 15.6 Å². The molecule has 0 saturated carbocycles. The lowest BCUT2D eigenvalue weighted by atomic mass is 9.89. The van der Waals surface area contributed by atoms with Crippen molar-refractivity contribution in [3.05, 3.63) is 64.1 Å². The van der Waals surface area contributed by atoms with Crippen molar-refractivity contribution in [1.29, 1.82) is 0 Å². The third-order valence-corrected chi connectivity index (χ3v) is 4.95. The minimum atomic E-state index is -3.57. The van der Waals surface area contributed by atoms with Crippen molar-refractivity contribution < 1.29 is 8.42 Å². The van der Waals surface area contributed by atoms with Crippen LogP contribution in [0.1, 0.15) is 25.1 Å². The molecular formula is C16H20N2O3S. The van der Waals surface area contributed by atoms with Crippen LogP contribution in [0.15, 0.2) is 52.2 Å². The Labute approximate surface area is 130 Å². The summed E-state index contributed by atoms with van der Waals surface area (Å²) in [4.78, 5) is 14.4. The van der Waals surface area contributed by atoms with E-state index in [0.717, 1.165) is 5.56 Å². The fraction of sp³-hybridized carbons (Fsp3) is 0.312. The smallest absolute Gasteiger partial charge is 0.248 e. The average molecular weight is 320 g/mol. The summed E-state index contributed by atoms with van der Waals surface area (Å²) in [6.45, 7) is 5.83. The Balaban J connectivity index is 2.17. The van der Waals surface area contributed by atoms with Crippen LogP contribution in [0.3, 0.4) is 0 Å². The second kappa shape index (κ2) is 6.06. The monoisotopic (exact) mass is 320 g/mol. The van der Waals surface area contributed by atoms with Crippen molar-refractivity contribution in [3.8, 4) is 0 Å². The molecule has 1 heterocycles. The summed E-state index contributed by atoms with van der Waals surface area (Å²) in [6, 6.07) is 11.5. The summed E-state index contributed by atoms with van der Waals surface area (Å²) >= 11 is 0. The first kappa shape index (κ1) is 16.5. The minimum Gasteiger partial charge on any atom is -0.326 e. The number of pyridine rings is 1. The van der Waals surface area contributed by atoms with Crippen molar-refractivity contribution in [2.24, 2.45) is 0 Å². The molecule has 0 atom stereocenters. The summed E-state index contributed by atoms with van der Waals surface area (Å²) < 4.78 is 27.2. The fourth-order valence-electron chi connectivity index (χ4n) is 2.01. The number of aromatic amines is 1. The molecule has 118 valence electrons. The van der Waals surface area contributed by atoms with Gasteiger partial charge in [-0.15, -0.1) is 0 Å². The molecule has 1 aromatic carbocycles. The largest absolute Gasteiger partial charge is 0.326 e. The second-order valence-electron chi connectivity index (χ2n) is 5.95. The zero-order valence-electron chi connectivity index (χ0n) is 12.9. The second-order valence-corrected chi connectivity index (χ2v) is 7.72. The standard InChI is InChI=1S/C16H20N2O3S/c1-12-7-9-13(10-8-12)22(20,21)17-11-16(2,3)14-5-4-6-15(19)18-14/h4-10,17H,11H2,1-3H3,(H,18,19). The molecular weight excluding hydrogens is 300 g/mol. The van der Waals surface area contributed by atoms with Crippen molar-refractivity contribution >= 4 is 10.0 Å². The van der Waals surface area contributed by atoms with Gasteiger partial charge in [-0.3, -0.25) is 4.79 Å². The lowest BCUT2D eigenvalue weighted by Crippen LogP contribution is -2.38. The Morgan fingerprint density at radius 2 is 1.73 bits per heavy atom. The Kier molecular flexibility index (Phi) is 4.53. The maximum Gasteiger partial charge on any atom is 0.248 e. The molecule has 0 spiro atoms. The predicted molar refractivity (Wildman–Crippen MR) is 86.5 cm³/mol. The quantitative estimate of drug-likeness (QED) is 0.883. The van der Waals surface area contributed by atoms with Gasteiger partial charge in [-0.2, -0.15) is 0 Å². The van der Waals surface area contributed by atoms with Crippen molar-refractivity contribution in [1.82, 2.24) is 9.71 Å². The van der Waals surface area contributed by atoms with E-state index in [1.165, 1.54) is 6.07 Å². The van der Waals surface area contributed by atoms with Crippen LogP contribution in [0.2, 0.25) is 0 Å². The molecule has 22 heavy (non-hydrogen) atoms. The lowest BCUT2D eigenvalue weighted by Gasteiger charge is -2.25. The summed E-state index contributed by atoms with van der Waals surface area (Å²) in [5.41, 5.74) is 0.956. The van der Waals surface area contributed by atoms with Gasteiger partial charge < -0.3 is 4.98 Å². The van der Waals surface area contributed by atoms with Crippen LogP contribution >= 0.6 is 0 Å². The molecule has 0 unspecified atom stereocenters. The molecule has 1 aromatic heterocycles. The zero-order chi connectivity index (χ0) is 16.4. The lowest BCUT2D eigenvalue weighted by molar-refractivity contribution is 0.488. The van der Waals surface area contributed by atoms with E-state index < -0.39 is 15.4 Å². The summed E-state index contributed by atoms with van der Waals surface area (Å²) in [7, 11) is -3.57. The molecule has 6 heteroatoms. The number of nitrogens with one attached hydrogen (secondary N) is 2. The van der Waals surface area contributed by atoms with Crippen LogP contribution in [-0.4, -0.2) is 19.9 Å². The topological polar surface area (TPSA) is 79.0 Å². The Hall–Kier alpha value is -1.92. The first-order chi connectivity index (χ1) is 10.2. The van der Waals surface area contributed by atoms with Gasteiger partial charge in [-0.25, -0.2) is 13.1 Å². The SMILES string of the molecule is Cc1ccc(S(=O)(=O)NCC(C)(C)c2cccc(=O)[nH]2)cc1. The van der Waals surface area contributed by atoms with Gasteiger partial charge in [-0.05, 0) is 25.1 Å². The summed E-state index contributed by atoms with van der Waals surface area (Å²) in [5, 5.41) is 0. The van der Waals surface area contributed by atoms with Crippen LogP contribution in [0.4, 0.5) is 0 Å². The number of rotatable bonds is 5. The molecule has 0 aliphatic carbocycles. The van der Waals surface area contributed by atoms with E-state index in [0.29, 0.717) is 5.69 Å². The van der Waals surface area contributed by atoms with Gasteiger partial charge in [0.1, 0.15) is 0 Å². The minimum absolute atomic E-state index is 0.184. The fourth-order valence-corrected chi connectivity index (χ4v) is 3.23. The molecule has 5 nitrogen and oxygen atoms in total. The van der Waals surface area contributed by atoms with Gasteiger partial charge in [0.25, 0.3) is 0 Å². The van der Waals surface area contributed by atoms with Gasteiger partial charge in [0.05, 0.1) is 4.90 Å². The van der Waals surface area contributed by atoms with Crippen molar-refractivity contribution in [2.45, 2.75) is 31.1 Å². The highest BCUT2D eigenvalue weighted by Crippen LogP contribution is 2.20. The van der Waals surface area contributed by atoms with E-state index in [1.54, 1.807) is 36.4 Å². The number of aromatic nitrogens is 1. The first-order valence-corrected chi connectivity index (χ1v) is 8.45. The molecule has 2 aromatic rings. The van der Waals surface area contributed by atoms with Gasteiger partial charge in [0, 0.05) is 23.7 Å². The average Bonchev–Trinajstić information content (AvgIpc) is 2.46. The van der Waals surface area contributed by atoms with E-state index in [9.17, 15) is 13.2 Å². The van der Waals surface area contributed by atoms with E-state index in [4.69, 9.17) is 0 Å². The van der Waals surface area contributed by atoms with E-state index in [-0.39, 0.29) is 17.0 Å². The summed E-state index contributed by atoms with van der Waals surface area (Å²) in [5.74, 6) is 0. The van der Waals surface area contributed by atoms with Crippen LogP contribution in [0.25, 0.3) is 0 Å². The number of H-pyrrole nitrogens is 1. The van der Waals surface area contributed by atoms with Gasteiger partial charge >= 0.3 is 0 Å². The third-order valence-electron chi connectivity index (χ3n) is 3.53. The van der Waals surface area contributed by atoms with E-state index in [1.807, 2.05) is 20.8 Å². The van der Waals surface area contributed by atoms with E-state index >= 15 is 0 Å². The molecule has 0 aliphatic heterocycles. The highest BCUT2D eigenvalue weighted by Gasteiger charge is 2.25. The zero-order valence-corrected chi connectivity index (χ0v) is 13.7. The molecule has 0 fully saturated rings. The number of hydrogen-bond donors (Lipinski definition) is 2. The number of aryl methyl sites for hydroxylation is 1. The Bertz CT molecular complexity index is 806. The summed E-state index contributed by atoms with van der Waals surface area (Å²) in [6.07, 6.45) is 0. The number of sulfonamides is 1. The van der Waals surface area contributed by atoms with Gasteiger partial charge in [0.15, 0.2) is 0 Å². The van der Waals surface area contributed by atoms with Crippen LogP contribution in [-0.2, 0) is 15.4 Å². The maximum atomic E-state index is 12.3. The predicted octanol–water partition coefficient (Wildman–Crippen LogP) is 1.94. The van der Waals surface area contributed by atoms with Crippen LogP contribution in [0.5, 0.6) is 0 Å². The maximum absolute atomic E-state index is 12.3. The first-order valence-electron chi connectivity index (χ1n) is 6.97. The van der Waals surface area contributed by atoms with E-state index in [2.05, 4.69) is 9.71 Å². The Morgan fingerprint density at radius 3 is 2.32 bits per heavy atom. The molecule has 2 rings (SSSR count).